The number of rotatable bonds is 13. The lowest BCUT2D eigenvalue weighted by Crippen LogP contribution is -2.65. The molecule has 2 aliphatic carbocycles. The number of aliphatic carboxylic acids is 1. The number of carbonyl (C=O) groups is 2. The van der Waals surface area contributed by atoms with Crippen molar-refractivity contribution in [1.82, 2.24) is 0 Å². The van der Waals surface area contributed by atoms with Crippen molar-refractivity contribution < 1.29 is 124 Å². The van der Waals surface area contributed by atoms with Crippen molar-refractivity contribution in [2.24, 2.45) is 11.8 Å². The maximum atomic E-state index is 12.0. The number of esters is 1. The van der Waals surface area contributed by atoms with Gasteiger partial charge in [-0.3, -0.25) is 9.59 Å². The van der Waals surface area contributed by atoms with Crippen LogP contribution in [0.15, 0.2) is 0 Å². The first kappa shape index (κ1) is 48.6. The smallest absolute Gasteiger partial charge is 0.317 e. The van der Waals surface area contributed by atoms with E-state index in [1.54, 1.807) is 0 Å². The Labute approximate surface area is 347 Å². The molecule has 4 aliphatic heterocycles. The van der Waals surface area contributed by atoms with E-state index in [2.05, 4.69) is 0 Å². The van der Waals surface area contributed by atoms with Gasteiger partial charge in [0.05, 0.1) is 43.5 Å². The first-order valence-electron chi connectivity index (χ1n) is 20.2. The summed E-state index contributed by atoms with van der Waals surface area (Å²) >= 11 is 0. The van der Waals surface area contributed by atoms with Gasteiger partial charge in [0.25, 0.3) is 0 Å². The van der Waals surface area contributed by atoms with Crippen LogP contribution in [0, 0.1) is 11.8 Å². The Kier molecular flexibility index (Phi) is 16.3. The summed E-state index contributed by atoms with van der Waals surface area (Å²) in [5, 5.41) is 158. The number of carboxylic acids is 1. The second kappa shape index (κ2) is 20.5. The van der Waals surface area contributed by atoms with Gasteiger partial charge in [0.2, 0.25) is 0 Å². The average Bonchev–Trinajstić information content (AvgIpc) is 3.21. The van der Waals surface area contributed by atoms with Crippen molar-refractivity contribution >= 4 is 11.9 Å². The molecule has 0 radical (unpaired) electrons. The van der Waals surface area contributed by atoms with Crippen LogP contribution in [0.3, 0.4) is 0 Å². The molecule has 6 aliphatic rings. The minimum absolute atomic E-state index is 0.00897. The fourth-order valence-electron chi connectivity index (χ4n) is 9.19. The molecule has 8 unspecified atom stereocenters. The van der Waals surface area contributed by atoms with Gasteiger partial charge in [0.1, 0.15) is 98.5 Å². The molecular formula is C36H59O25+. The highest BCUT2D eigenvalue weighted by Crippen LogP contribution is 2.44. The molecule has 61 heavy (non-hydrogen) atoms. The highest BCUT2D eigenvalue weighted by Gasteiger charge is 2.58. The summed E-state index contributed by atoms with van der Waals surface area (Å²) in [6.07, 6.45) is -37.4. The minimum atomic E-state index is -1.94. The van der Waals surface area contributed by atoms with Crippen LogP contribution in [0.5, 0.6) is 0 Å². The molecule has 16 N–H and O–H groups in total. The van der Waals surface area contributed by atoms with Crippen LogP contribution in [0.25, 0.3) is 0 Å². The lowest BCUT2D eigenvalue weighted by Gasteiger charge is -2.50. The normalized spacial score (nSPS) is 50.7. The summed E-state index contributed by atoms with van der Waals surface area (Å²) in [6, 6.07) is 0. The number of ether oxygens (including phenoxy) is 8. The number of carboxylic acid groups (broad SMARTS) is 1. The van der Waals surface area contributed by atoms with Crippen LogP contribution in [-0.4, -0.2) is 254 Å². The van der Waals surface area contributed by atoms with Crippen LogP contribution in [0.4, 0.5) is 0 Å². The Morgan fingerprint density at radius 2 is 1.00 bits per heavy atom. The molecule has 25 heteroatoms. The molecule has 6 fully saturated rings. The third-order valence-corrected chi connectivity index (χ3v) is 12.6. The van der Waals surface area contributed by atoms with Crippen LogP contribution >= 0.6 is 0 Å². The quantitative estimate of drug-likeness (QED) is 0.0464. The summed E-state index contributed by atoms with van der Waals surface area (Å²) in [6.45, 7) is -2.38. The Bertz CT molecular complexity index is 1390. The van der Waals surface area contributed by atoms with Gasteiger partial charge < -0.3 is 114 Å². The number of aliphatic hydroxyl groups excluding tert-OH is 14. The fourth-order valence-corrected chi connectivity index (χ4v) is 9.19. The third-order valence-electron chi connectivity index (χ3n) is 12.6. The first-order chi connectivity index (χ1) is 28.8. The van der Waals surface area contributed by atoms with E-state index in [4.69, 9.17) is 43.0 Å². The molecule has 4 heterocycles. The van der Waals surface area contributed by atoms with Gasteiger partial charge in [0, 0.05) is 18.8 Å². The molecule has 0 spiro atoms. The van der Waals surface area contributed by atoms with Crippen LogP contribution in [0.1, 0.15) is 38.5 Å². The summed E-state index contributed by atoms with van der Waals surface area (Å²) in [4.78, 5) is 22.9. The molecule has 352 valence electrons. The molecule has 0 bridgehead atoms. The molecule has 0 aromatic carbocycles. The van der Waals surface area contributed by atoms with E-state index in [1.165, 1.54) is 0 Å². The van der Waals surface area contributed by atoms with Crippen molar-refractivity contribution in [2.75, 3.05) is 19.8 Å². The lowest BCUT2D eigenvalue weighted by molar-refractivity contribution is -0.365. The number of aliphatic hydroxyl groups is 16. The van der Waals surface area contributed by atoms with Gasteiger partial charge in [-0.2, -0.15) is 0 Å². The van der Waals surface area contributed by atoms with Crippen molar-refractivity contribution in [2.45, 2.75) is 179 Å². The Hall–Kier alpha value is -1.90. The van der Waals surface area contributed by atoms with Gasteiger partial charge in [-0.05, 0) is 19.3 Å². The van der Waals surface area contributed by atoms with Gasteiger partial charge in [-0.15, -0.1) is 0 Å². The predicted octanol–water partition coefficient (Wildman–Crippen LogP) is -8.86. The van der Waals surface area contributed by atoms with E-state index in [0.29, 0.717) is 0 Å². The monoisotopic (exact) mass is 891 g/mol. The number of hydrogen-bond donors (Lipinski definition) is 15. The van der Waals surface area contributed by atoms with E-state index in [0.717, 1.165) is 0 Å². The zero-order valence-corrected chi connectivity index (χ0v) is 32.6. The summed E-state index contributed by atoms with van der Waals surface area (Å²) < 4.78 is 45.1. The van der Waals surface area contributed by atoms with Crippen LogP contribution in [0.2, 0.25) is 0 Å². The van der Waals surface area contributed by atoms with Gasteiger partial charge in [-0.1, -0.05) is 0 Å². The Morgan fingerprint density at radius 3 is 1.48 bits per heavy atom. The fraction of sp³-hybridized carbons (Fsp3) is 0.944. The van der Waals surface area contributed by atoms with Gasteiger partial charge in [-0.25, -0.2) is 0 Å². The van der Waals surface area contributed by atoms with E-state index >= 15 is 0 Å². The van der Waals surface area contributed by atoms with E-state index in [-0.39, 0.29) is 32.1 Å². The number of fused-ring (bicyclic) bond motifs is 1. The van der Waals surface area contributed by atoms with Crippen LogP contribution in [-0.2, 0) is 42.7 Å². The molecule has 6 rings (SSSR count). The van der Waals surface area contributed by atoms with Gasteiger partial charge >= 0.3 is 11.9 Å². The SMILES string of the molecule is O=C(O)CC(=O)OC[C@H]1O[C@@H](OC2CC3C(O)CC(O)CC3[OH+]C2C2CC(O[C@@H]3O[C@H](CO)[C@@H](O)[C@H](O)[C@H]3O)C(O)C(O[C@@H]3O[C@H](CO)[C@@H](O)[C@H](O)[C@H]3O)C2)[C@H](O)[C@@H](O)[C@@H]1O. The molecule has 0 aromatic heterocycles. The van der Waals surface area contributed by atoms with E-state index < -0.39 is 191 Å². The molecular weight excluding hydrogens is 832 g/mol. The Balaban J connectivity index is 1.30. The zero-order valence-electron chi connectivity index (χ0n) is 32.6. The predicted molar refractivity (Wildman–Crippen MR) is 190 cm³/mol. The average molecular weight is 892 g/mol. The number of carbonyl (C=O) groups excluding carboxylic acids is 1. The zero-order chi connectivity index (χ0) is 44.6. The molecule has 0 amide bonds. The standard InChI is InChI=1S/C36H58O25/c37-7-18-24(45)27(48)30(51)34(59-18)56-15-1-10(2-16(23(15)44)57-35-31(52)28(49)25(46)19(8-38)60-35)33-17(5-12-13(40)3-11(39)4-14(12)55-33)58-36-32(53)29(50)26(47)20(61-36)9-54-22(43)6-21(41)42/h10-20,23-40,44-53H,1-9H2,(H,41,42)/p+1/t10?,11?,12?,13?,14?,15?,16?,17?,18-,19-,20-,23?,24-,25-,26-,27+,28+,29+,30-,31-,32-,33?,34-,35-,36-/m1/s1. The van der Waals surface area contributed by atoms with E-state index in [9.17, 15) is 81.1 Å². The molecule has 23 atom stereocenters. The lowest BCUT2D eigenvalue weighted by atomic mass is 9.72. The maximum Gasteiger partial charge on any atom is 0.317 e. The van der Waals surface area contributed by atoms with Crippen molar-refractivity contribution in [3.05, 3.63) is 0 Å². The van der Waals surface area contributed by atoms with Gasteiger partial charge in [0.15, 0.2) is 31.1 Å². The largest absolute Gasteiger partial charge is 0.481 e. The van der Waals surface area contributed by atoms with Crippen LogP contribution < -0.4 is 0 Å². The second-order valence-electron chi connectivity index (χ2n) is 16.7. The summed E-state index contributed by atoms with van der Waals surface area (Å²) in [5.74, 6) is -4.18. The molecule has 4 saturated heterocycles. The first-order valence-corrected chi connectivity index (χ1v) is 20.2. The molecule has 2 saturated carbocycles. The van der Waals surface area contributed by atoms with Crippen molar-refractivity contribution in [3.8, 4) is 0 Å². The summed E-state index contributed by atoms with van der Waals surface area (Å²) in [5.41, 5.74) is 0. The number of hydrogen-bond acceptors (Lipinski definition) is 23. The minimum Gasteiger partial charge on any atom is -0.481 e. The second-order valence-corrected chi connectivity index (χ2v) is 16.7. The third kappa shape index (κ3) is 10.6. The maximum absolute atomic E-state index is 12.0. The molecule has 25 nitrogen and oxygen atoms in total. The Morgan fingerprint density at radius 1 is 0.541 bits per heavy atom. The van der Waals surface area contributed by atoms with E-state index in [1.807, 2.05) is 0 Å². The summed E-state index contributed by atoms with van der Waals surface area (Å²) in [7, 11) is 0. The highest BCUT2D eigenvalue weighted by atomic mass is 16.7. The highest BCUT2D eigenvalue weighted by molar-refractivity contribution is 5.90. The van der Waals surface area contributed by atoms with Crippen molar-refractivity contribution in [1.29, 1.82) is 0 Å². The molecule has 0 aromatic rings. The van der Waals surface area contributed by atoms with Crippen molar-refractivity contribution in [3.63, 3.8) is 0 Å². The topological polar surface area (TPSA) is 415 Å².